The summed E-state index contributed by atoms with van der Waals surface area (Å²) in [7, 11) is 0. The van der Waals surface area contributed by atoms with E-state index in [0.29, 0.717) is 5.57 Å². The number of hydrogen-bond donors (Lipinski definition) is 0. The summed E-state index contributed by atoms with van der Waals surface area (Å²) in [5.41, 5.74) is 0.507. The van der Waals surface area contributed by atoms with Crippen LogP contribution in [-0.4, -0.2) is 5.24 Å². The summed E-state index contributed by atoms with van der Waals surface area (Å²) in [5.74, 6) is 0. The molecule has 0 heterocycles. The Bertz CT molecular complexity index is 212. The van der Waals surface area contributed by atoms with Gasteiger partial charge in [-0.05, 0) is 25.4 Å². The van der Waals surface area contributed by atoms with Crippen molar-refractivity contribution in [2.75, 3.05) is 0 Å². The number of carbonyl (C=O) groups is 1. The molecule has 0 amide bonds. The second-order valence-electron chi connectivity index (χ2n) is 1.92. The van der Waals surface area contributed by atoms with Crippen molar-refractivity contribution in [2.45, 2.75) is 13.8 Å². The highest BCUT2D eigenvalue weighted by Gasteiger charge is 1.97. The minimum absolute atomic E-state index is 0.429. The lowest BCUT2D eigenvalue weighted by molar-refractivity contribution is -0.108. The van der Waals surface area contributed by atoms with Gasteiger partial charge < -0.3 is 0 Å². The van der Waals surface area contributed by atoms with Gasteiger partial charge in [0.15, 0.2) is 0 Å². The Morgan fingerprint density at radius 3 is 2.27 bits per heavy atom. The van der Waals surface area contributed by atoms with Gasteiger partial charge in [-0.25, -0.2) is 0 Å². The SMILES string of the molecule is C\C=C/C=C(\C=C/C)C(=O)Cl. The summed E-state index contributed by atoms with van der Waals surface area (Å²) in [4.78, 5) is 10.7. The van der Waals surface area contributed by atoms with Gasteiger partial charge in [0.1, 0.15) is 0 Å². The van der Waals surface area contributed by atoms with Crippen molar-refractivity contribution >= 4 is 16.8 Å². The quantitative estimate of drug-likeness (QED) is 0.362. The molecular formula is C9H11ClO. The van der Waals surface area contributed by atoms with Crippen LogP contribution >= 0.6 is 11.6 Å². The zero-order chi connectivity index (χ0) is 8.69. The molecule has 0 aromatic heterocycles. The highest BCUT2D eigenvalue weighted by atomic mass is 35.5. The van der Waals surface area contributed by atoms with Gasteiger partial charge in [-0.3, -0.25) is 4.79 Å². The van der Waals surface area contributed by atoms with Crippen LogP contribution in [0.1, 0.15) is 13.8 Å². The third-order valence-corrected chi connectivity index (χ3v) is 1.26. The Labute approximate surface area is 72.1 Å². The standard InChI is InChI=1S/C9H11ClO/c1-3-5-7-8(6-4-2)9(10)11/h3-7H,1-2H3/b5-3-,6-4-,8-7+. The van der Waals surface area contributed by atoms with Crippen LogP contribution in [-0.2, 0) is 4.79 Å². The maximum absolute atomic E-state index is 10.7. The topological polar surface area (TPSA) is 17.1 Å². The van der Waals surface area contributed by atoms with Crippen LogP contribution in [0.4, 0.5) is 0 Å². The summed E-state index contributed by atoms with van der Waals surface area (Å²) in [6.45, 7) is 3.71. The Morgan fingerprint density at radius 1 is 1.27 bits per heavy atom. The fourth-order valence-corrected chi connectivity index (χ4v) is 0.692. The molecule has 0 aliphatic heterocycles. The molecule has 0 saturated heterocycles. The van der Waals surface area contributed by atoms with Crippen LogP contribution in [0.15, 0.2) is 36.0 Å². The monoisotopic (exact) mass is 170 g/mol. The van der Waals surface area contributed by atoms with Gasteiger partial charge in [-0.1, -0.05) is 30.4 Å². The Kier molecular flexibility index (Phi) is 5.49. The van der Waals surface area contributed by atoms with Crippen LogP contribution in [0, 0.1) is 0 Å². The zero-order valence-corrected chi connectivity index (χ0v) is 7.43. The summed E-state index contributed by atoms with van der Waals surface area (Å²) in [6, 6.07) is 0. The van der Waals surface area contributed by atoms with E-state index in [1.54, 1.807) is 24.3 Å². The van der Waals surface area contributed by atoms with Crippen LogP contribution in [0.5, 0.6) is 0 Å². The predicted molar refractivity (Wildman–Crippen MR) is 48.6 cm³/mol. The average Bonchev–Trinajstić information content (AvgIpc) is 1.97. The second kappa shape index (κ2) is 5.93. The molecule has 0 radical (unpaired) electrons. The highest BCUT2D eigenvalue weighted by molar-refractivity contribution is 6.68. The molecule has 0 spiro atoms. The van der Waals surface area contributed by atoms with Crippen molar-refractivity contribution in [2.24, 2.45) is 0 Å². The molecule has 2 heteroatoms. The third-order valence-electron chi connectivity index (χ3n) is 1.04. The Hall–Kier alpha value is -0.820. The molecule has 0 rings (SSSR count). The fourth-order valence-electron chi connectivity index (χ4n) is 0.566. The van der Waals surface area contributed by atoms with Gasteiger partial charge in [0.05, 0.1) is 0 Å². The summed E-state index contributed by atoms with van der Waals surface area (Å²) in [6.07, 6.45) is 8.74. The number of allylic oxidation sites excluding steroid dienone is 6. The first-order chi connectivity index (χ1) is 5.22. The van der Waals surface area contributed by atoms with Crippen molar-refractivity contribution in [3.63, 3.8) is 0 Å². The lowest BCUT2D eigenvalue weighted by atomic mass is 10.2. The van der Waals surface area contributed by atoms with E-state index < -0.39 is 5.24 Å². The first-order valence-corrected chi connectivity index (χ1v) is 3.75. The highest BCUT2D eigenvalue weighted by Crippen LogP contribution is 2.02. The van der Waals surface area contributed by atoms with Crippen LogP contribution in [0.25, 0.3) is 0 Å². The predicted octanol–water partition coefficient (Wildman–Crippen LogP) is 2.83. The summed E-state index contributed by atoms with van der Waals surface area (Å²) in [5, 5.41) is -0.429. The van der Waals surface area contributed by atoms with E-state index in [1.807, 2.05) is 19.9 Å². The number of rotatable bonds is 3. The van der Waals surface area contributed by atoms with Crippen molar-refractivity contribution < 1.29 is 4.79 Å². The van der Waals surface area contributed by atoms with Crippen molar-refractivity contribution in [1.82, 2.24) is 0 Å². The lowest BCUT2D eigenvalue weighted by Gasteiger charge is -1.88. The molecule has 0 fully saturated rings. The molecule has 0 aromatic carbocycles. The van der Waals surface area contributed by atoms with E-state index in [9.17, 15) is 4.79 Å². The molecule has 1 nitrogen and oxygen atoms in total. The van der Waals surface area contributed by atoms with Gasteiger partial charge in [-0.15, -0.1) is 0 Å². The van der Waals surface area contributed by atoms with Crippen LogP contribution < -0.4 is 0 Å². The fraction of sp³-hybridized carbons (Fsp3) is 0.222. The van der Waals surface area contributed by atoms with Gasteiger partial charge in [0.2, 0.25) is 0 Å². The molecule has 0 bridgehead atoms. The van der Waals surface area contributed by atoms with Gasteiger partial charge in [0.25, 0.3) is 5.24 Å². The maximum Gasteiger partial charge on any atom is 0.252 e. The number of hydrogen-bond acceptors (Lipinski definition) is 1. The van der Waals surface area contributed by atoms with E-state index in [-0.39, 0.29) is 0 Å². The number of carbonyl (C=O) groups excluding carboxylic acids is 1. The van der Waals surface area contributed by atoms with Gasteiger partial charge >= 0.3 is 0 Å². The largest absolute Gasteiger partial charge is 0.276 e. The lowest BCUT2D eigenvalue weighted by Crippen LogP contribution is -1.87. The number of halogens is 1. The minimum atomic E-state index is -0.429. The molecular weight excluding hydrogens is 160 g/mol. The van der Waals surface area contributed by atoms with E-state index >= 15 is 0 Å². The molecule has 0 aliphatic carbocycles. The molecule has 0 N–H and O–H groups in total. The summed E-state index contributed by atoms with van der Waals surface area (Å²) >= 11 is 5.27. The van der Waals surface area contributed by atoms with Crippen LogP contribution in [0.2, 0.25) is 0 Å². The third kappa shape index (κ3) is 4.57. The normalized spacial score (nSPS) is 13.2. The minimum Gasteiger partial charge on any atom is -0.276 e. The molecule has 0 saturated carbocycles. The van der Waals surface area contributed by atoms with E-state index in [0.717, 1.165) is 0 Å². The molecule has 0 unspecified atom stereocenters. The van der Waals surface area contributed by atoms with Gasteiger partial charge in [-0.2, -0.15) is 0 Å². The summed E-state index contributed by atoms with van der Waals surface area (Å²) < 4.78 is 0. The first-order valence-electron chi connectivity index (χ1n) is 3.38. The Morgan fingerprint density at radius 2 is 1.91 bits per heavy atom. The Balaban J connectivity index is 4.45. The van der Waals surface area contributed by atoms with Crippen molar-refractivity contribution in [3.8, 4) is 0 Å². The van der Waals surface area contributed by atoms with Crippen molar-refractivity contribution in [1.29, 1.82) is 0 Å². The average molecular weight is 171 g/mol. The van der Waals surface area contributed by atoms with E-state index in [2.05, 4.69) is 0 Å². The maximum atomic E-state index is 10.7. The van der Waals surface area contributed by atoms with Gasteiger partial charge in [0, 0.05) is 5.57 Å². The molecule has 0 atom stereocenters. The first kappa shape index (κ1) is 10.2. The smallest absolute Gasteiger partial charge is 0.252 e. The molecule has 0 aliphatic rings. The second-order valence-corrected chi connectivity index (χ2v) is 2.26. The zero-order valence-electron chi connectivity index (χ0n) is 6.67. The molecule has 11 heavy (non-hydrogen) atoms. The van der Waals surface area contributed by atoms with Crippen molar-refractivity contribution in [3.05, 3.63) is 36.0 Å². The molecule has 60 valence electrons. The molecule has 0 aromatic rings. The van der Waals surface area contributed by atoms with E-state index in [4.69, 9.17) is 11.6 Å². The van der Waals surface area contributed by atoms with Crippen LogP contribution in [0.3, 0.4) is 0 Å². The van der Waals surface area contributed by atoms with E-state index in [1.165, 1.54) is 0 Å².